The molecule has 2 atom stereocenters. The lowest BCUT2D eigenvalue weighted by atomic mass is 10.0. The van der Waals surface area contributed by atoms with Crippen LogP contribution in [0.15, 0.2) is 0 Å². The minimum atomic E-state index is -0.404. The molecule has 3 N–H and O–H groups in total. The first-order chi connectivity index (χ1) is 10.2. The van der Waals surface area contributed by atoms with E-state index in [1.807, 2.05) is 0 Å². The molecule has 1 aliphatic heterocycles. The van der Waals surface area contributed by atoms with E-state index in [4.69, 9.17) is 4.74 Å². The SMILES string of the molecule is CCCCCC(CN(O)C=O)C(=O)NNCC1CCOC1. The quantitative estimate of drug-likeness (QED) is 0.226. The molecule has 7 nitrogen and oxygen atoms in total. The minimum Gasteiger partial charge on any atom is -0.381 e. The van der Waals surface area contributed by atoms with Gasteiger partial charge >= 0.3 is 0 Å². The molecule has 0 aliphatic carbocycles. The third-order valence-electron chi connectivity index (χ3n) is 3.68. The van der Waals surface area contributed by atoms with Crippen LogP contribution in [0.5, 0.6) is 0 Å². The Kier molecular flexibility index (Phi) is 8.96. The van der Waals surface area contributed by atoms with E-state index in [-0.39, 0.29) is 12.5 Å². The third-order valence-corrected chi connectivity index (χ3v) is 3.68. The molecule has 0 aromatic heterocycles. The van der Waals surface area contributed by atoms with Gasteiger partial charge in [-0.25, -0.2) is 10.5 Å². The topological polar surface area (TPSA) is 90.9 Å². The number of amides is 2. The zero-order valence-corrected chi connectivity index (χ0v) is 12.7. The molecule has 7 heteroatoms. The summed E-state index contributed by atoms with van der Waals surface area (Å²) in [6.07, 6.45) is 4.96. The number of unbranched alkanes of at least 4 members (excludes halogenated alkanes) is 2. The Morgan fingerprint density at radius 2 is 2.33 bits per heavy atom. The molecule has 1 aliphatic rings. The molecule has 122 valence electrons. The van der Waals surface area contributed by atoms with Crippen LogP contribution in [0.4, 0.5) is 0 Å². The van der Waals surface area contributed by atoms with Gasteiger partial charge in [0.25, 0.3) is 0 Å². The molecule has 0 bridgehead atoms. The van der Waals surface area contributed by atoms with Crippen molar-refractivity contribution in [2.45, 2.75) is 39.0 Å². The van der Waals surface area contributed by atoms with Crippen LogP contribution < -0.4 is 10.9 Å². The van der Waals surface area contributed by atoms with Crippen LogP contribution >= 0.6 is 0 Å². The minimum absolute atomic E-state index is 0.0211. The number of nitrogens with one attached hydrogen (secondary N) is 2. The van der Waals surface area contributed by atoms with Gasteiger partial charge in [0.15, 0.2) is 0 Å². The van der Waals surface area contributed by atoms with Crippen LogP contribution in [0.1, 0.15) is 39.0 Å². The molecular formula is C14H27N3O4. The maximum absolute atomic E-state index is 12.1. The lowest BCUT2D eigenvalue weighted by Gasteiger charge is -2.20. The van der Waals surface area contributed by atoms with E-state index in [1.54, 1.807) is 0 Å². The second-order valence-corrected chi connectivity index (χ2v) is 5.52. The first kappa shape index (κ1) is 17.9. The van der Waals surface area contributed by atoms with Gasteiger partial charge in [-0.15, -0.1) is 0 Å². The highest BCUT2D eigenvalue weighted by Crippen LogP contribution is 2.12. The van der Waals surface area contributed by atoms with Crippen LogP contribution in [0.2, 0.25) is 0 Å². The summed E-state index contributed by atoms with van der Waals surface area (Å²) in [7, 11) is 0. The molecule has 0 saturated carbocycles. The molecular weight excluding hydrogens is 274 g/mol. The average Bonchev–Trinajstić information content (AvgIpc) is 2.99. The summed E-state index contributed by atoms with van der Waals surface area (Å²) in [6.45, 7) is 4.28. The van der Waals surface area contributed by atoms with Crippen LogP contribution in [-0.2, 0) is 14.3 Å². The summed E-state index contributed by atoms with van der Waals surface area (Å²) in [5, 5.41) is 9.81. The summed E-state index contributed by atoms with van der Waals surface area (Å²) >= 11 is 0. The number of rotatable bonds is 11. The standard InChI is InChI=1S/C14H27N3O4/c1-2-3-4-5-13(9-17(20)11-18)14(19)16-15-8-12-6-7-21-10-12/h11-13,15,20H,2-10H2,1H3,(H,16,19). The second-order valence-electron chi connectivity index (χ2n) is 5.52. The van der Waals surface area contributed by atoms with Crippen molar-refractivity contribution in [2.75, 3.05) is 26.3 Å². The first-order valence-corrected chi connectivity index (χ1v) is 7.68. The van der Waals surface area contributed by atoms with Crippen LogP contribution in [0.25, 0.3) is 0 Å². The number of hydrazine groups is 1. The normalized spacial score (nSPS) is 19.2. The number of nitrogens with zero attached hydrogens (tertiary/aromatic N) is 1. The zero-order chi connectivity index (χ0) is 15.5. The number of hydrogen-bond acceptors (Lipinski definition) is 5. The molecule has 21 heavy (non-hydrogen) atoms. The summed E-state index contributed by atoms with van der Waals surface area (Å²) in [5.41, 5.74) is 5.59. The lowest BCUT2D eigenvalue weighted by molar-refractivity contribution is -0.154. The van der Waals surface area contributed by atoms with Crippen molar-refractivity contribution in [3.63, 3.8) is 0 Å². The van der Waals surface area contributed by atoms with Crippen molar-refractivity contribution in [1.82, 2.24) is 15.9 Å². The van der Waals surface area contributed by atoms with Gasteiger partial charge in [0, 0.05) is 13.2 Å². The summed E-state index contributed by atoms with van der Waals surface area (Å²) in [6, 6.07) is 0. The highest BCUT2D eigenvalue weighted by molar-refractivity contribution is 5.78. The summed E-state index contributed by atoms with van der Waals surface area (Å²) in [5.74, 6) is -0.168. The maximum Gasteiger partial charge on any atom is 0.239 e. The van der Waals surface area contributed by atoms with E-state index in [0.717, 1.165) is 38.9 Å². The molecule has 0 spiro atoms. The Balaban J connectivity index is 2.31. The molecule has 1 heterocycles. The molecule has 2 amide bonds. The van der Waals surface area contributed by atoms with Gasteiger partial charge in [-0.05, 0) is 18.8 Å². The predicted molar refractivity (Wildman–Crippen MR) is 77.3 cm³/mol. The van der Waals surface area contributed by atoms with Gasteiger partial charge in [-0.3, -0.25) is 20.2 Å². The Labute approximate surface area is 125 Å². The maximum atomic E-state index is 12.1. The predicted octanol–water partition coefficient (Wildman–Crippen LogP) is 0.688. The van der Waals surface area contributed by atoms with Crippen molar-refractivity contribution in [1.29, 1.82) is 0 Å². The van der Waals surface area contributed by atoms with Crippen molar-refractivity contribution >= 4 is 12.3 Å². The second kappa shape index (κ2) is 10.5. The summed E-state index contributed by atoms with van der Waals surface area (Å²) < 4.78 is 5.26. The van der Waals surface area contributed by atoms with Crippen molar-refractivity contribution in [3.8, 4) is 0 Å². The largest absolute Gasteiger partial charge is 0.381 e. The third kappa shape index (κ3) is 7.40. The van der Waals surface area contributed by atoms with E-state index in [9.17, 15) is 14.8 Å². The van der Waals surface area contributed by atoms with Gasteiger partial charge in [0.1, 0.15) is 0 Å². The number of carbonyl (C=O) groups excluding carboxylic acids is 2. The highest BCUT2D eigenvalue weighted by atomic mass is 16.5. The van der Waals surface area contributed by atoms with E-state index >= 15 is 0 Å². The van der Waals surface area contributed by atoms with Crippen molar-refractivity contribution < 1.29 is 19.5 Å². The van der Waals surface area contributed by atoms with E-state index < -0.39 is 5.92 Å². The molecule has 1 saturated heterocycles. The highest BCUT2D eigenvalue weighted by Gasteiger charge is 2.21. The van der Waals surface area contributed by atoms with Crippen molar-refractivity contribution in [2.24, 2.45) is 11.8 Å². The Morgan fingerprint density at radius 3 is 2.95 bits per heavy atom. The van der Waals surface area contributed by atoms with E-state index in [2.05, 4.69) is 17.8 Å². The number of ether oxygens (including phenoxy) is 1. The molecule has 0 aromatic carbocycles. The fourth-order valence-electron chi connectivity index (χ4n) is 2.34. The van der Waals surface area contributed by atoms with E-state index in [0.29, 0.717) is 30.4 Å². The van der Waals surface area contributed by atoms with Gasteiger partial charge in [0.2, 0.25) is 12.3 Å². The van der Waals surface area contributed by atoms with E-state index in [1.165, 1.54) is 0 Å². The molecule has 2 unspecified atom stereocenters. The summed E-state index contributed by atoms with van der Waals surface area (Å²) in [4.78, 5) is 22.6. The number of hydroxylamine groups is 2. The van der Waals surface area contributed by atoms with Gasteiger partial charge in [-0.1, -0.05) is 26.2 Å². The molecule has 0 aromatic rings. The molecule has 1 fully saturated rings. The molecule has 1 rings (SSSR count). The van der Waals surface area contributed by atoms with Crippen molar-refractivity contribution in [3.05, 3.63) is 0 Å². The molecule has 0 radical (unpaired) electrons. The van der Waals surface area contributed by atoms with Crippen LogP contribution in [0.3, 0.4) is 0 Å². The Morgan fingerprint density at radius 1 is 1.52 bits per heavy atom. The van der Waals surface area contributed by atoms with Gasteiger partial charge in [0.05, 0.1) is 19.1 Å². The Bertz CT molecular complexity index is 309. The van der Waals surface area contributed by atoms with Gasteiger partial charge in [-0.2, -0.15) is 0 Å². The number of hydrogen-bond donors (Lipinski definition) is 3. The van der Waals surface area contributed by atoms with Crippen LogP contribution in [0, 0.1) is 11.8 Å². The average molecular weight is 301 g/mol. The first-order valence-electron chi connectivity index (χ1n) is 7.68. The fourth-order valence-corrected chi connectivity index (χ4v) is 2.34. The van der Waals surface area contributed by atoms with Crippen LogP contribution in [-0.4, -0.2) is 48.9 Å². The smallest absolute Gasteiger partial charge is 0.239 e. The monoisotopic (exact) mass is 301 g/mol. The fraction of sp³-hybridized carbons (Fsp3) is 0.857. The Hall–Kier alpha value is -1.18. The lowest BCUT2D eigenvalue weighted by Crippen LogP contribution is -2.46. The van der Waals surface area contributed by atoms with Gasteiger partial charge < -0.3 is 4.74 Å². The zero-order valence-electron chi connectivity index (χ0n) is 12.7. The number of carbonyl (C=O) groups is 2.